The number of pyridine rings is 6. The summed E-state index contributed by atoms with van der Waals surface area (Å²) in [6, 6.07) is 31.1. The van der Waals surface area contributed by atoms with E-state index in [2.05, 4.69) is 88.1 Å². The molecule has 0 spiro atoms. The predicted octanol–water partition coefficient (Wildman–Crippen LogP) is 8.65. The molecule has 258 valence electrons. The minimum atomic E-state index is 0.225. The van der Waals surface area contributed by atoms with Crippen LogP contribution < -0.4 is 16.0 Å². The molecule has 1 aliphatic rings. The highest BCUT2D eigenvalue weighted by molar-refractivity contribution is 5.44. The number of rotatable bonds is 12. The molecule has 0 atom stereocenters. The van der Waals surface area contributed by atoms with Gasteiger partial charge in [-0.3, -0.25) is 15.0 Å². The summed E-state index contributed by atoms with van der Waals surface area (Å²) in [5.74, 6) is 3.30. The topological polar surface area (TPSA) is 113 Å². The number of nitrogens with zero attached hydrogens (tertiary/aromatic N) is 6. The van der Waals surface area contributed by atoms with Gasteiger partial charge < -0.3 is 16.0 Å². The lowest BCUT2D eigenvalue weighted by Gasteiger charge is -2.35. The van der Waals surface area contributed by atoms with Crippen molar-refractivity contribution in [1.82, 2.24) is 29.9 Å². The second-order valence-corrected chi connectivity index (χ2v) is 13.7. The molecule has 0 radical (unpaired) electrons. The molecule has 51 heavy (non-hydrogen) atoms. The fraction of sp³-hybridized carbons (Fsp3) is 0.286. The lowest BCUT2D eigenvalue weighted by molar-refractivity contribution is 0.339. The molecule has 0 unspecified atom stereocenters. The number of hydrogen-bond donors (Lipinski definition) is 3. The zero-order valence-electron chi connectivity index (χ0n) is 29.6. The Labute approximate surface area is 300 Å². The third-order valence-electron chi connectivity index (χ3n) is 9.46. The summed E-state index contributed by atoms with van der Waals surface area (Å²) >= 11 is 0. The van der Waals surface area contributed by atoms with Gasteiger partial charge in [-0.2, -0.15) is 0 Å². The molecule has 3 N–H and O–H groups in total. The van der Waals surface area contributed by atoms with E-state index < -0.39 is 0 Å². The van der Waals surface area contributed by atoms with Crippen molar-refractivity contribution in [3.05, 3.63) is 160 Å². The molecular weight excluding hydrogens is 631 g/mol. The quantitative estimate of drug-likeness (QED) is 0.117. The first kappa shape index (κ1) is 33.8. The maximum absolute atomic E-state index is 5.21. The number of aromatic nitrogens is 6. The lowest BCUT2D eigenvalue weighted by Crippen LogP contribution is -2.23. The summed E-state index contributed by atoms with van der Waals surface area (Å²) in [5, 5.41) is 10.6. The second kappa shape index (κ2) is 15.9. The molecule has 0 bridgehead atoms. The largest absolute Gasteiger partial charge is 0.364 e. The van der Waals surface area contributed by atoms with E-state index in [1.807, 2.05) is 73.2 Å². The van der Waals surface area contributed by atoms with Gasteiger partial charge in [0.05, 0.1) is 36.7 Å². The highest BCUT2D eigenvalue weighted by Crippen LogP contribution is 2.47. The van der Waals surface area contributed by atoms with Crippen LogP contribution in [0.1, 0.15) is 87.9 Å². The summed E-state index contributed by atoms with van der Waals surface area (Å²) in [6.07, 6.45) is 8.35. The molecule has 7 rings (SSSR count). The summed E-state index contributed by atoms with van der Waals surface area (Å²) in [6.45, 7) is 8.32. The molecule has 1 aliphatic carbocycles. The molecule has 0 aliphatic heterocycles. The van der Waals surface area contributed by atoms with Gasteiger partial charge in [-0.1, -0.05) is 18.2 Å². The van der Waals surface area contributed by atoms with Gasteiger partial charge in [-0.25, -0.2) is 15.0 Å². The van der Waals surface area contributed by atoms with Crippen molar-refractivity contribution in [1.29, 1.82) is 0 Å². The van der Waals surface area contributed by atoms with Gasteiger partial charge in [0.1, 0.15) is 17.5 Å². The van der Waals surface area contributed by atoms with Crippen LogP contribution in [-0.2, 0) is 19.6 Å². The Hall–Kier alpha value is -5.70. The maximum atomic E-state index is 5.21. The molecule has 0 aromatic carbocycles. The SMILES string of the molecule is Cc1cc(NCc2ccccn2)nc(C2CC(c3cc(C)cc(NCc4ccccn4)n3)CC(c3cc(C)cc(NCc4ccccn4)n3)C2)c1. The van der Waals surface area contributed by atoms with Gasteiger partial charge in [0.25, 0.3) is 0 Å². The highest BCUT2D eigenvalue weighted by Gasteiger charge is 2.34. The molecule has 1 saturated carbocycles. The molecule has 6 heterocycles. The fourth-order valence-electron chi connectivity index (χ4n) is 7.08. The van der Waals surface area contributed by atoms with Gasteiger partial charge in [0.2, 0.25) is 0 Å². The second-order valence-electron chi connectivity index (χ2n) is 13.7. The van der Waals surface area contributed by atoms with Gasteiger partial charge in [0.15, 0.2) is 0 Å². The lowest BCUT2D eigenvalue weighted by atomic mass is 9.71. The van der Waals surface area contributed by atoms with Gasteiger partial charge in [0, 0.05) is 53.4 Å². The van der Waals surface area contributed by atoms with Gasteiger partial charge in [-0.05, 0) is 130 Å². The number of hydrogen-bond acceptors (Lipinski definition) is 9. The smallest absolute Gasteiger partial charge is 0.126 e. The minimum Gasteiger partial charge on any atom is -0.364 e. The van der Waals surface area contributed by atoms with E-state index in [-0.39, 0.29) is 17.8 Å². The average Bonchev–Trinajstić information content (AvgIpc) is 3.16. The molecule has 9 nitrogen and oxygen atoms in total. The van der Waals surface area contributed by atoms with E-state index in [0.29, 0.717) is 19.6 Å². The molecular formula is C42H45N9. The van der Waals surface area contributed by atoms with Crippen LogP contribution in [0.4, 0.5) is 17.5 Å². The molecule has 0 saturated heterocycles. The van der Waals surface area contributed by atoms with Crippen LogP contribution in [-0.4, -0.2) is 29.9 Å². The zero-order valence-corrected chi connectivity index (χ0v) is 29.6. The van der Waals surface area contributed by atoms with Crippen molar-refractivity contribution < 1.29 is 0 Å². The summed E-state index contributed by atoms with van der Waals surface area (Å²) in [7, 11) is 0. The van der Waals surface area contributed by atoms with E-state index in [1.54, 1.807) is 0 Å². The normalized spacial score (nSPS) is 17.1. The Bertz CT molecular complexity index is 1800. The Morgan fingerprint density at radius 3 is 1.04 bits per heavy atom. The Kier molecular flexibility index (Phi) is 10.5. The van der Waals surface area contributed by atoms with E-state index in [0.717, 1.165) is 70.9 Å². The first-order chi connectivity index (χ1) is 24.9. The average molecular weight is 676 g/mol. The predicted molar refractivity (Wildman–Crippen MR) is 204 cm³/mol. The van der Waals surface area contributed by atoms with Crippen LogP contribution in [0.3, 0.4) is 0 Å². The summed E-state index contributed by atoms with van der Waals surface area (Å²) in [5.41, 5.74) is 9.83. The molecule has 1 fully saturated rings. The van der Waals surface area contributed by atoms with E-state index in [4.69, 9.17) is 15.0 Å². The van der Waals surface area contributed by atoms with E-state index in [1.165, 1.54) is 16.7 Å². The van der Waals surface area contributed by atoms with Crippen LogP contribution in [0.5, 0.6) is 0 Å². The first-order valence-corrected chi connectivity index (χ1v) is 17.8. The highest BCUT2D eigenvalue weighted by atomic mass is 15.0. The number of nitrogens with one attached hydrogen (secondary N) is 3. The van der Waals surface area contributed by atoms with Crippen molar-refractivity contribution in [2.24, 2.45) is 0 Å². The number of anilines is 3. The van der Waals surface area contributed by atoms with E-state index >= 15 is 0 Å². The van der Waals surface area contributed by atoms with Gasteiger partial charge >= 0.3 is 0 Å². The Morgan fingerprint density at radius 1 is 0.451 bits per heavy atom. The van der Waals surface area contributed by atoms with Crippen molar-refractivity contribution in [3.63, 3.8) is 0 Å². The van der Waals surface area contributed by atoms with Crippen molar-refractivity contribution in [2.75, 3.05) is 16.0 Å². The van der Waals surface area contributed by atoms with E-state index in [9.17, 15) is 0 Å². The molecule has 6 aromatic rings. The van der Waals surface area contributed by atoms with Gasteiger partial charge in [-0.15, -0.1) is 0 Å². The fourth-order valence-corrected chi connectivity index (χ4v) is 7.08. The summed E-state index contributed by atoms with van der Waals surface area (Å²) < 4.78 is 0. The maximum Gasteiger partial charge on any atom is 0.126 e. The standard InChI is InChI=1S/C42H45N9/c1-28-16-37(49-40(19-28)46-25-34-10-4-7-13-43-34)31-22-32(38-17-29(2)20-41(50-38)47-26-35-11-5-8-14-44-35)24-33(23-31)39-18-30(3)21-42(51-39)48-27-36-12-6-9-15-45-36/h4-21,31-33H,22-27H2,1-3H3,(H,46,49)(H,47,50)(H,48,51). The van der Waals surface area contributed by atoms with Crippen molar-refractivity contribution in [2.45, 2.75) is 77.4 Å². The van der Waals surface area contributed by atoms with Crippen LogP contribution in [0, 0.1) is 20.8 Å². The zero-order chi connectivity index (χ0) is 35.0. The Balaban J connectivity index is 1.18. The first-order valence-electron chi connectivity index (χ1n) is 17.8. The van der Waals surface area contributed by atoms with Crippen LogP contribution in [0.15, 0.2) is 110 Å². The number of aryl methyl sites for hydroxylation is 3. The van der Waals surface area contributed by atoms with Crippen molar-refractivity contribution >= 4 is 17.5 Å². The molecule has 0 amide bonds. The molecule has 9 heteroatoms. The van der Waals surface area contributed by atoms with Crippen molar-refractivity contribution in [3.8, 4) is 0 Å². The minimum absolute atomic E-state index is 0.225. The Morgan fingerprint density at radius 2 is 0.765 bits per heavy atom. The van der Waals surface area contributed by atoms with Crippen LogP contribution in [0.2, 0.25) is 0 Å². The molecule has 6 aromatic heterocycles. The third-order valence-corrected chi connectivity index (χ3v) is 9.46. The summed E-state index contributed by atoms with van der Waals surface area (Å²) in [4.78, 5) is 29.1. The monoisotopic (exact) mass is 675 g/mol. The van der Waals surface area contributed by atoms with Crippen LogP contribution >= 0.6 is 0 Å². The van der Waals surface area contributed by atoms with Crippen LogP contribution in [0.25, 0.3) is 0 Å². The third kappa shape index (κ3) is 9.11.